The quantitative estimate of drug-likeness (QED) is 0.747. The predicted molar refractivity (Wildman–Crippen MR) is 80.0 cm³/mol. The molecule has 0 radical (unpaired) electrons. The molecule has 0 unspecified atom stereocenters. The molecule has 1 aliphatic heterocycles. The highest BCUT2D eigenvalue weighted by molar-refractivity contribution is 5.98. The Hall–Kier alpha value is -1.87. The first-order chi connectivity index (χ1) is 9.86. The normalized spacial score (nSPS) is 17.1. The Morgan fingerprint density at radius 1 is 1.00 bits per heavy atom. The average molecular weight is 269 g/mol. The highest BCUT2D eigenvalue weighted by Crippen LogP contribution is 2.24. The van der Waals surface area contributed by atoms with Gasteiger partial charge in [0.2, 0.25) is 0 Å². The van der Waals surface area contributed by atoms with Crippen molar-refractivity contribution < 1.29 is 9.53 Å². The van der Waals surface area contributed by atoms with Gasteiger partial charge in [0.05, 0.1) is 12.2 Å². The Bertz CT molecular complexity index is 621. The van der Waals surface area contributed by atoms with Gasteiger partial charge in [0, 0.05) is 0 Å². The molecule has 0 saturated carbocycles. The van der Waals surface area contributed by atoms with Crippen molar-refractivity contribution in [2.75, 3.05) is 19.7 Å². The molecule has 0 spiro atoms. The molecule has 0 fully saturated rings. The second-order valence-corrected chi connectivity index (χ2v) is 5.16. The molecule has 3 heteroatoms. The summed E-state index contributed by atoms with van der Waals surface area (Å²) < 4.78 is 5.37. The van der Waals surface area contributed by atoms with E-state index in [0.29, 0.717) is 6.61 Å². The Morgan fingerprint density at radius 2 is 1.85 bits per heavy atom. The summed E-state index contributed by atoms with van der Waals surface area (Å²) in [7, 11) is 0. The Labute approximate surface area is 118 Å². The zero-order valence-corrected chi connectivity index (χ0v) is 11.5. The molecule has 0 aliphatic carbocycles. The molecule has 3 nitrogen and oxygen atoms in total. The fourth-order valence-electron chi connectivity index (χ4n) is 2.75. The van der Waals surface area contributed by atoms with E-state index in [9.17, 15) is 4.79 Å². The van der Waals surface area contributed by atoms with E-state index in [1.807, 2.05) is 24.3 Å². The highest BCUT2D eigenvalue weighted by Gasteiger charge is 2.15. The molecule has 2 aromatic carbocycles. The lowest BCUT2D eigenvalue weighted by Gasteiger charge is -2.12. The van der Waals surface area contributed by atoms with E-state index in [1.54, 1.807) is 0 Å². The summed E-state index contributed by atoms with van der Waals surface area (Å²) in [6, 6.07) is 12.1. The van der Waals surface area contributed by atoms with Crippen molar-refractivity contribution in [1.82, 2.24) is 5.32 Å². The third-order valence-corrected chi connectivity index (χ3v) is 3.77. The van der Waals surface area contributed by atoms with Crippen molar-refractivity contribution >= 4 is 16.7 Å². The number of cyclic esters (lactones) is 1. The maximum atomic E-state index is 12.2. The maximum absolute atomic E-state index is 12.2. The molecule has 0 aromatic heterocycles. The van der Waals surface area contributed by atoms with Crippen LogP contribution in [0, 0.1) is 0 Å². The lowest BCUT2D eigenvalue weighted by molar-refractivity contribution is 0.0500. The second kappa shape index (κ2) is 6.06. The zero-order valence-electron chi connectivity index (χ0n) is 11.5. The molecule has 20 heavy (non-hydrogen) atoms. The topological polar surface area (TPSA) is 38.3 Å². The fourth-order valence-corrected chi connectivity index (χ4v) is 2.75. The molecular weight excluding hydrogens is 250 g/mol. The van der Waals surface area contributed by atoms with E-state index in [-0.39, 0.29) is 5.97 Å². The van der Waals surface area contributed by atoms with Crippen LogP contribution in [-0.2, 0) is 11.2 Å². The standard InChI is InChI=1S/C17H19NO2/c19-17-16-9-8-13-5-1-2-6-14(13)15(16)7-3-10-18-11-4-12-20-17/h1-2,5-6,8-9,18H,3-4,7,10-12H2. The zero-order chi connectivity index (χ0) is 13.8. The number of benzene rings is 2. The third-order valence-electron chi connectivity index (χ3n) is 3.77. The summed E-state index contributed by atoms with van der Waals surface area (Å²) in [5.74, 6) is -0.187. The van der Waals surface area contributed by atoms with Crippen molar-refractivity contribution in [1.29, 1.82) is 0 Å². The monoisotopic (exact) mass is 269 g/mol. The van der Waals surface area contributed by atoms with E-state index in [1.165, 1.54) is 10.8 Å². The number of esters is 1. The van der Waals surface area contributed by atoms with Gasteiger partial charge in [-0.05, 0) is 54.8 Å². The van der Waals surface area contributed by atoms with Gasteiger partial charge in [-0.15, -0.1) is 0 Å². The summed E-state index contributed by atoms with van der Waals surface area (Å²) in [4.78, 5) is 12.2. The minimum absolute atomic E-state index is 0.187. The Balaban J connectivity index is 2.06. The second-order valence-electron chi connectivity index (χ2n) is 5.16. The van der Waals surface area contributed by atoms with Crippen LogP contribution in [-0.4, -0.2) is 25.7 Å². The third kappa shape index (κ3) is 2.68. The van der Waals surface area contributed by atoms with E-state index in [4.69, 9.17) is 4.74 Å². The van der Waals surface area contributed by atoms with Crippen LogP contribution in [0.25, 0.3) is 10.8 Å². The SMILES string of the molecule is O=C1OCCCNCCCc2c1ccc1ccccc21. The summed E-state index contributed by atoms with van der Waals surface area (Å²) in [6.45, 7) is 2.37. The first kappa shape index (κ1) is 13.1. The molecule has 2 aromatic rings. The van der Waals surface area contributed by atoms with Crippen LogP contribution in [0.1, 0.15) is 28.8 Å². The summed E-state index contributed by atoms with van der Waals surface area (Å²) in [6.07, 6.45) is 2.81. The van der Waals surface area contributed by atoms with Crippen LogP contribution in [0.4, 0.5) is 0 Å². The van der Waals surface area contributed by atoms with Gasteiger partial charge in [0.1, 0.15) is 0 Å². The molecule has 104 valence electrons. The molecule has 1 N–H and O–H groups in total. The van der Waals surface area contributed by atoms with Crippen LogP contribution >= 0.6 is 0 Å². The average Bonchev–Trinajstić information content (AvgIpc) is 2.52. The van der Waals surface area contributed by atoms with Crippen molar-refractivity contribution in [3.8, 4) is 0 Å². The fraction of sp³-hybridized carbons (Fsp3) is 0.353. The molecule has 1 aliphatic rings. The number of carbonyl (C=O) groups excluding carboxylic acids is 1. The number of carbonyl (C=O) groups is 1. The van der Waals surface area contributed by atoms with Gasteiger partial charge in [-0.25, -0.2) is 4.79 Å². The van der Waals surface area contributed by atoms with Gasteiger partial charge in [-0.2, -0.15) is 0 Å². The van der Waals surface area contributed by atoms with Crippen molar-refractivity contribution in [3.63, 3.8) is 0 Å². The van der Waals surface area contributed by atoms with Gasteiger partial charge < -0.3 is 10.1 Å². The van der Waals surface area contributed by atoms with Crippen molar-refractivity contribution in [3.05, 3.63) is 47.5 Å². The minimum atomic E-state index is -0.187. The van der Waals surface area contributed by atoms with E-state index < -0.39 is 0 Å². The number of aryl methyl sites for hydroxylation is 1. The van der Waals surface area contributed by atoms with E-state index in [2.05, 4.69) is 17.4 Å². The molecular formula is C17H19NO2. The minimum Gasteiger partial charge on any atom is -0.462 e. The van der Waals surface area contributed by atoms with Gasteiger partial charge in [0.15, 0.2) is 0 Å². The predicted octanol–water partition coefficient (Wildman–Crippen LogP) is 2.92. The summed E-state index contributed by atoms with van der Waals surface area (Å²) in [5.41, 5.74) is 1.85. The van der Waals surface area contributed by atoms with Gasteiger partial charge >= 0.3 is 5.97 Å². The van der Waals surface area contributed by atoms with E-state index >= 15 is 0 Å². The summed E-state index contributed by atoms with van der Waals surface area (Å²) in [5, 5.41) is 5.74. The van der Waals surface area contributed by atoms with Crippen LogP contribution in [0.3, 0.4) is 0 Å². The molecule has 1 heterocycles. The molecule has 0 bridgehead atoms. The largest absolute Gasteiger partial charge is 0.462 e. The summed E-state index contributed by atoms with van der Waals surface area (Å²) >= 11 is 0. The number of fused-ring (bicyclic) bond motifs is 3. The Morgan fingerprint density at radius 3 is 2.80 bits per heavy atom. The Kier molecular flexibility index (Phi) is 3.97. The number of nitrogens with one attached hydrogen (secondary N) is 1. The molecule has 0 saturated heterocycles. The number of rotatable bonds is 0. The number of ether oxygens (including phenoxy) is 1. The number of hydrogen-bond donors (Lipinski definition) is 1. The maximum Gasteiger partial charge on any atom is 0.338 e. The van der Waals surface area contributed by atoms with Gasteiger partial charge in [-0.3, -0.25) is 0 Å². The first-order valence-corrected chi connectivity index (χ1v) is 7.25. The van der Waals surface area contributed by atoms with Gasteiger partial charge in [-0.1, -0.05) is 30.3 Å². The molecule has 0 amide bonds. The number of hydrogen-bond acceptors (Lipinski definition) is 3. The van der Waals surface area contributed by atoms with E-state index in [0.717, 1.165) is 43.5 Å². The lowest BCUT2D eigenvalue weighted by atomic mass is 9.95. The molecule has 3 rings (SSSR count). The van der Waals surface area contributed by atoms with Crippen molar-refractivity contribution in [2.45, 2.75) is 19.3 Å². The smallest absolute Gasteiger partial charge is 0.338 e. The van der Waals surface area contributed by atoms with Crippen LogP contribution in [0.15, 0.2) is 36.4 Å². The first-order valence-electron chi connectivity index (χ1n) is 7.25. The van der Waals surface area contributed by atoms with Crippen molar-refractivity contribution in [2.24, 2.45) is 0 Å². The van der Waals surface area contributed by atoms with Gasteiger partial charge in [0.25, 0.3) is 0 Å². The van der Waals surface area contributed by atoms with Crippen LogP contribution < -0.4 is 5.32 Å². The lowest BCUT2D eigenvalue weighted by Crippen LogP contribution is -2.18. The molecule has 0 atom stereocenters. The van der Waals surface area contributed by atoms with Crippen LogP contribution in [0.2, 0.25) is 0 Å². The van der Waals surface area contributed by atoms with Crippen LogP contribution in [0.5, 0.6) is 0 Å². The highest BCUT2D eigenvalue weighted by atomic mass is 16.5.